The van der Waals surface area contributed by atoms with Gasteiger partial charge >= 0.3 is 0 Å². The lowest BCUT2D eigenvalue weighted by Crippen LogP contribution is -2.21. The molecule has 98 valence electrons. The fraction of sp³-hybridized carbons (Fsp3) is 0.500. The van der Waals surface area contributed by atoms with E-state index in [1.54, 1.807) is 7.05 Å². The Hall–Kier alpha value is -1.55. The highest BCUT2D eigenvalue weighted by Crippen LogP contribution is 2.22. The summed E-state index contributed by atoms with van der Waals surface area (Å²) in [7, 11) is 1.65. The second-order valence-corrected chi connectivity index (χ2v) is 4.96. The summed E-state index contributed by atoms with van der Waals surface area (Å²) in [6.45, 7) is 0. The smallest absolute Gasteiger partial charge is 0.224 e. The molecule has 4 N–H and O–H groups in total. The zero-order valence-corrected chi connectivity index (χ0v) is 10.8. The van der Waals surface area contributed by atoms with Crippen LogP contribution in [0.5, 0.6) is 0 Å². The molecule has 2 rings (SSSR count). The van der Waals surface area contributed by atoms with Gasteiger partial charge in [0.15, 0.2) is 0 Å². The number of likely N-dealkylation sites (N-methyl/N-ethyl adjacent to an activating group) is 1. The average Bonchev–Trinajstić information content (AvgIpc) is 2.77. The third-order valence-electron chi connectivity index (χ3n) is 3.44. The fourth-order valence-electron chi connectivity index (χ4n) is 2.38. The maximum Gasteiger partial charge on any atom is 0.224 e. The Morgan fingerprint density at radius 2 is 2.06 bits per heavy atom. The lowest BCUT2D eigenvalue weighted by molar-refractivity contribution is -0.119. The summed E-state index contributed by atoms with van der Waals surface area (Å²) in [4.78, 5) is 11.2. The molecule has 0 saturated heterocycles. The van der Waals surface area contributed by atoms with E-state index in [0.29, 0.717) is 18.5 Å². The van der Waals surface area contributed by atoms with Crippen LogP contribution in [0.1, 0.15) is 24.8 Å². The maximum atomic E-state index is 11.2. The molecular formula is C14H21N3O. The molecule has 0 radical (unpaired) electrons. The molecule has 1 aliphatic rings. The highest BCUT2D eigenvalue weighted by molar-refractivity contribution is 5.78. The number of rotatable bonds is 4. The predicted molar refractivity (Wildman–Crippen MR) is 73.4 cm³/mol. The largest absolute Gasteiger partial charge is 0.382 e. The van der Waals surface area contributed by atoms with Crippen molar-refractivity contribution >= 4 is 11.6 Å². The molecule has 18 heavy (non-hydrogen) atoms. The monoisotopic (exact) mass is 247 g/mol. The molecule has 0 spiro atoms. The number of benzene rings is 1. The molecule has 1 amide bonds. The third-order valence-corrected chi connectivity index (χ3v) is 3.44. The molecule has 1 aliphatic carbocycles. The van der Waals surface area contributed by atoms with Crippen LogP contribution >= 0.6 is 0 Å². The molecule has 2 atom stereocenters. The molecule has 1 fully saturated rings. The summed E-state index contributed by atoms with van der Waals surface area (Å²) < 4.78 is 0. The van der Waals surface area contributed by atoms with Gasteiger partial charge in [0.25, 0.3) is 0 Å². The standard InChI is InChI=1S/C14H21N3O/c1-16-14(18)8-10-2-5-12(6-3-10)17-13-7-4-11(15)9-13/h2-3,5-6,11,13,17H,4,7-9,15H2,1H3,(H,16,18). The first-order chi connectivity index (χ1) is 8.67. The van der Waals surface area contributed by atoms with Gasteiger partial charge in [-0.15, -0.1) is 0 Å². The summed E-state index contributed by atoms with van der Waals surface area (Å²) in [5, 5.41) is 6.11. The van der Waals surface area contributed by atoms with E-state index in [0.717, 1.165) is 30.5 Å². The number of amides is 1. The molecule has 2 unspecified atom stereocenters. The Balaban J connectivity index is 1.89. The van der Waals surface area contributed by atoms with Crippen molar-refractivity contribution in [2.75, 3.05) is 12.4 Å². The first-order valence-electron chi connectivity index (χ1n) is 6.49. The van der Waals surface area contributed by atoms with E-state index in [1.165, 1.54) is 0 Å². The molecule has 1 aromatic rings. The van der Waals surface area contributed by atoms with Crippen LogP contribution in [0.4, 0.5) is 5.69 Å². The maximum absolute atomic E-state index is 11.2. The van der Waals surface area contributed by atoms with Crippen molar-refractivity contribution in [2.24, 2.45) is 5.73 Å². The van der Waals surface area contributed by atoms with E-state index in [-0.39, 0.29) is 5.91 Å². The van der Waals surface area contributed by atoms with E-state index in [9.17, 15) is 4.79 Å². The van der Waals surface area contributed by atoms with Gasteiger partial charge in [-0.2, -0.15) is 0 Å². The van der Waals surface area contributed by atoms with Crippen LogP contribution in [-0.2, 0) is 11.2 Å². The van der Waals surface area contributed by atoms with E-state index < -0.39 is 0 Å². The minimum atomic E-state index is 0.0393. The third kappa shape index (κ3) is 3.47. The molecule has 1 aromatic carbocycles. The molecule has 4 nitrogen and oxygen atoms in total. The summed E-state index contributed by atoms with van der Waals surface area (Å²) in [6, 6.07) is 8.88. The zero-order valence-electron chi connectivity index (χ0n) is 10.8. The van der Waals surface area contributed by atoms with E-state index in [4.69, 9.17) is 5.73 Å². The minimum Gasteiger partial charge on any atom is -0.382 e. The Kier molecular flexibility index (Phi) is 4.20. The van der Waals surface area contributed by atoms with Crippen molar-refractivity contribution in [3.05, 3.63) is 29.8 Å². The van der Waals surface area contributed by atoms with E-state index in [1.807, 2.05) is 24.3 Å². The zero-order chi connectivity index (χ0) is 13.0. The van der Waals surface area contributed by atoms with Crippen LogP contribution in [0.3, 0.4) is 0 Å². The normalized spacial score (nSPS) is 22.8. The Morgan fingerprint density at radius 1 is 1.33 bits per heavy atom. The van der Waals surface area contributed by atoms with Crippen molar-refractivity contribution < 1.29 is 4.79 Å². The number of carbonyl (C=O) groups excluding carboxylic acids is 1. The Labute approximate surface area is 108 Å². The number of nitrogens with one attached hydrogen (secondary N) is 2. The summed E-state index contributed by atoms with van der Waals surface area (Å²) >= 11 is 0. The van der Waals surface area contributed by atoms with Gasteiger partial charge in [0, 0.05) is 24.8 Å². The van der Waals surface area contributed by atoms with Gasteiger partial charge in [-0.3, -0.25) is 4.79 Å². The molecule has 0 aliphatic heterocycles. The predicted octanol–water partition coefficient (Wildman–Crippen LogP) is 1.27. The van der Waals surface area contributed by atoms with Crippen molar-refractivity contribution in [1.29, 1.82) is 0 Å². The molecule has 0 heterocycles. The molecular weight excluding hydrogens is 226 g/mol. The van der Waals surface area contributed by atoms with Crippen molar-refractivity contribution in [1.82, 2.24) is 5.32 Å². The summed E-state index contributed by atoms with van der Waals surface area (Å²) in [5.41, 5.74) is 8.03. The van der Waals surface area contributed by atoms with Gasteiger partial charge in [0.1, 0.15) is 0 Å². The number of nitrogens with two attached hydrogens (primary N) is 1. The first-order valence-corrected chi connectivity index (χ1v) is 6.49. The highest BCUT2D eigenvalue weighted by Gasteiger charge is 2.21. The second kappa shape index (κ2) is 5.87. The van der Waals surface area contributed by atoms with Gasteiger partial charge in [-0.1, -0.05) is 12.1 Å². The first kappa shape index (κ1) is 12.9. The molecule has 0 bridgehead atoms. The minimum absolute atomic E-state index is 0.0393. The number of carbonyl (C=O) groups is 1. The van der Waals surface area contributed by atoms with Gasteiger partial charge in [0.05, 0.1) is 6.42 Å². The topological polar surface area (TPSA) is 67.2 Å². The van der Waals surface area contributed by atoms with Crippen molar-refractivity contribution in [3.8, 4) is 0 Å². The lowest BCUT2D eigenvalue weighted by atomic mass is 10.1. The van der Waals surface area contributed by atoms with Gasteiger partial charge in [-0.05, 0) is 37.0 Å². The van der Waals surface area contributed by atoms with Crippen LogP contribution in [0, 0.1) is 0 Å². The van der Waals surface area contributed by atoms with Crippen LogP contribution < -0.4 is 16.4 Å². The van der Waals surface area contributed by atoms with Crippen molar-refractivity contribution in [2.45, 2.75) is 37.8 Å². The lowest BCUT2D eigenvalue weighted by Gasteiger charge is -2.14. The quantitative estimate of drug-likeness (QED) is 0.750. The highest BCUT2D eigenvalue weighted by atomic mass is 16.1. The SMILES string of the molecule is CNC(=O)Cc1ccc(NC2CCC(N)C2)cc1. The molecule has 1 saturated carbocycles. The van der Waals surface area contributed by atoms with E-state index >= 15 is 0 Å². The second-order valence-electron chi connectivity index (χ2n) is 4.96. The van der Waals surface area contributed by atoms with Crippen LogP contribution in [-0.4, -0.2) is 25.0 Å². The number of hydrogen-bond donors (Lipinski definition) is 3. The van der Waals surface area contributed by atoms with Gasteiger partial charge in [0.2, 0.25) is 5.91 Å². The molecule has 0 aromatic heterocycles. The Bertz CT molecular complexity index is 402. The van der Waals surface area contributed by atoms with Crippen molar-refractivity contribution in [3.63, 3.8) is 0 Å². The average molecular weight is 247 g/mol. The Morgan fingerprint density at radius 3 is 2.61 bits per heavy atom. The van der Waals surface area contributed by atoms with Gasteiger partial charge in [-0.25, -0.2) is 0 Å². The fourth-order valence-corrected chi connectivity index (χ4v) is 2.38. The summed E-state index contributed by atoms with van der Waals surface area (Å²) in [6.07, 6.45) is 3.72. The number of hydrogen-bond acceptors (Lipinski definition) is 3. The van der Waals surface area contributed by atoms with Crippen LogP contribution in [0.2, 0.25) is 0 Å². The number of anilines is 1. The van der Waals surface area contributed by atoms with Gasteiger partial charge < -0.3 is 16.4 Å². The van der Waals surface area contributed by atoms with Crippen LogP contribution in [0.25, 0.3) is 0 Å². The van der Waals surface area contributed by atoms with E-state index in [2.05, 4.69) is 10.6 Å². The summed E-state index contributed by atoms with van der Waals surface area (Å²) in [5.74, 6) is 0.0393. The van der Waals surface area contributed by atoms with Crippen LogP contribution in [0.15, 0.2) is 24.3 Å². The molecule has 4 heteroatoms.